The van der Waals surface area contributed by atoms with Crippen LogP contribution in [0.25, 0.3) is 0 Å². The normalized spacial score (nSPS) is 10.4. The van der Waals surface area contributed by atoms with Gasteiger partial charge in [-0.3, -0.25) is 9.36 Å². The molecule has 0 aromatic carbocycles. The second-order valence-corrected chi connectivity index (χ2v) is 4.01. The van der Waals surface area contributed by atoms with Crippen molar-refractivity contribution in [1.82, 2.24) is 14.7 Å². The third-order valence-corrected chi connectivity index (χ3v) is 2.51. The predicted octanol–water partition coefficient (Wildman–Crippen LogP) is 0.740. The minimum Gasteiger partial charge on any atom is -0.476 e. The highest BCUT2D eigenvalue weighted by molar-refractivity contribution is 9.10. The van der Waals surface area contributed by atoms with Gasteiger partial charge in [0.1, 0.15) is 4.47 Å². The number of aromatic nitrogens is 3. The van der Waals surface area contributed by atoms with Crippen molar-refractivity contribution in [3.63, 3.8) is 0 Å². The summed E-state index contributed by atoms with van der Waals surface area (Å²) in [5.41, 5.74) is -0.482. The fraction of sp³-hybridized carbons (Fsp3) is 0.111. The van der Waals surface area contributed by atoms with Gasteiger partial charge in [-0.2, -0.15) is 0 Å². The van der Waals surface area contributed by atoms with Crippen molar-refractivity contribution in [2.45, 2.75) is 6.54 Å². The molecule has 2 aromatic rings. The van der Waals surface area contributed by atoms with E-state index in [1.807, 2.05) is 0 Å². The van der Waals surface area contributed by atoms with E-state index >= 15 is 0 Å². The van der Waals surface area contributed by atoms with Gasteiger partial charge in [0.15, 0.2) is 11.5 Å². The molecule has 7 nitrogen and oxygen atoms in total. The van der Waals surface area contributed by atoms with Crippen LogP contribution < -0.4 is 5.56 Å². The fourth-order valence-corrected chi connectivity index (χ4v) is 1.54. The first kappa shape index (κ1) is 11.5. The molecular weight excluding hydrogens is 294 g/mol. The maximum Gasteiger partial charge on any atom is 0.358 e. The summed E-state index contributed by atoms with van der Waals surface area (Å²) in [6, 6.07) is 1.26. The van der Waals surface area contributed by atoms with E-state index in [9.17, 15) is 9.59 Å². The first-order valence-corrected chi connectivity index (χ1v) is 5.26. The molecule has 0 bridgehead atoms. The van der Waals surface area contributed by atoms with Crippen LogP contribution in [-0.4, -0.2) is 25.8 Å². The third-order valence-electron chi connectivity index (χ3n) is 1.96. The van der Waals surface area contributed by atoms with Crippen molar-refractivity contribution in [1.29, 1.82) is 0 Å². The second kappa shape index (κ2) is 4.50. The molecule has 0 atom stereocenters. The molecule has 0 saturated heterocycles. The van der Waals surface area contributed by atoms with Crippen LogP contribution in [0.5, 0.6) is 0 Å². The molecule has 0 aliphatic carbocycles. The molecule has 0 unspecified atom stereocenters. The summed E-state index contributed by atoms with van der Waals surface area (Å²) >= 11 is 3.05. The smallest absolute Gasteiger partial charge is 0.358 e. The standard InChI is InChI=1S/C9H6BrN3O4/c10-6-2-11-4-13(8(6)14)3-5-1-7(9(15)16)12-17-5/h1-2,4H,3H2,(H,15,16). The van der Waals surface area contributed by atoms with Gasteiger partial charge >= 0.3 is 5.97 Å². The Hall–Kier alpha value is -1.96. The van der Waals surface area contributed by atoms with Crippen LogP contribution in [0.4, 0.5) is 0 Å². The monoisotopic (exact) mass is 299 g/mol. The van der Waals surface area contributed by atoms with E-state index in [-0.39, 0.29) is 23.6 Å². The number of hydrogen-bond donors (Lipinski definition) is 1. The molecule has 0 aliphatic heterocycles. The summed E-state index contributed by atoms with van der Waals surface area (Å²) in [6.07, 6.45) is 2.71. The van der Waals surface area contributed by atoms with Crippen molar-refractivity contribution in [3.8, 4) is 0 Å². The largest absolute Gasteiger partial charge is 0.476 e. The lowest BCUT2D eigenvalue weighted by Gasteiger charge is -2.00. The number of carboxylic acids is 1. The molecule has 0 aliphatic rings. The van der Waals surface area contributed by atoms with Crippen LogP contribution in [0.15, 0.2) is 32.4 Å². The first-order valence-electron chi connectivity index (χ1n) is 4.47. The maximum atomic E-state index is 11.6. The van der Waals surface area contributed by atoms with Crippen LogP contribution in [0.2, 0.25) is 0 Å². The summed E-state index contributed by atoms with van der Waals surface area (Å²) in [5, 5.41) is 12.0. The van der Waals surface area contributed by atoms with E-state index in [2.05, 4.69) is 26.1 Å². The number of rotatable bonds is 3. The molecule has 8 heteroatoms. The minimum absolute atomic E-state index is 0.0750. The molecular formula is C9H6BrN3O4. The van der Waals surface area contributed by atoms with Crippen molar-refractivity contribution < 1.29 is 14.4 Å². The van der Waals surface area contributed by atoms with E-state index < -0.39 is 5.97 Å². The van der Waals surface area contributed by atoms with Gasteiger partial charge in [0.05, 0.1) is 12.9 Å². The van der Waals surface area contributed by atoms with E-state index in [1.165, 1.54) is 23.2 Å². The highest BCUT2D eigenvalue weighted by Crippen LogP contribution is 2.06. The summed E-state index contributed by atoms with van der Waals surface area (Å²) in [5.74, 6) is -0.913. The van der Waals surface area contributed by atoms with Gasteiger partial charge < -0.3 is 9.63 Å². The van der Waals surface area contributed by atoms with E-state index in [1.54, 1.807) is 0 Å². The zero-order valence-electron chi connectivity index (χ0n) is 8.33. The van der Waals surface area contributed by atoms with Gasteiger partial charge in [0.25, 0.3) is 5.56 Å². The van der Waals surface area contributed by atoms with E-state index in [4.69, 9.17) is 9.63 Å². The van der Waals surface area contributed by atoms with Crippen LogP contribution in [0.1, 0.15) is 16.2 Å². The third kappa shape index (κ3) is 2.41. The SMILES string of the molecule is O=C(O)c1cc(Cn2cncc(Br)c2=O)on1. The molecule has 2 heterocycles. The number of hydrogen-bond acceptors (Lipinski definition) is 5. The van der Waals surface area contributed by atoms with Gasteiger partial charge in [-0.1, -0.05) is 5.16 Å². The zero-order chi connectivity index (χ0) is 12.4. The highest BCUT2D eigenvalue weighted by Gasteiger charge is 2.11. The number of carboxylic acid groups (broad SMARTS) is 1. The van der Waals surface area contributed by atoms with Crippen molar-refractivity contribution >= 4 is 21.9 Å². The predicted molar refractivity (Wildman–Crippen MR) is 58.8 cm³/mol. The van der Waals surface area contributed by atoms with Gasteiger partial charge in [-0.15, -0.1) is 0 Å². The van der Waals surface area contributed by atoms with Crippen molar-refractivity contribution in [2.24, 2.45) is 0 Å². The lowest BCUT2D eigenvalue weighted by atomic mass is 10.3. The first-order chi connectivity index (χ1) is 8.08. The van der Waals surface area contributed by atoms with Crippen LogP contribution in [0, 0.1) is 0 Å². The minimum atomic E-state index is -1.18. The Morgan fingerprint density at radius 3 is 3.00 bits per heavy atom. The molecule has 0 spiro atoms. The van der Waals surface area contributed by atoms with Crippen molar-refractivity contribution in [2.75, 3.05) is 0 Å². The fourth-order valence-electron chi connectivity index (χ4n) is 1.19. The highest BCUT2D eigenvalue weighted by atomic mass is 79.9. The number of carbonyl (C=O) groups is 1. The number of aromatic carboxylic acids is 1. The molecule has 88 valence electrons. The molecule has 0 radical (unpaired) electrons. The van der Waals surface area contributed by atoms with Gasteiger partial charge in [0, 0.05) is 12.3 Å². The Balaban J connectivity index is 2.28. The van der Waals surface area contributed by atoms with Gasteiger partial charge in [0.2, 0.25) is 0 Å². The van der Waals surface area contributed by atoms with Crippen LogP contribution in [-0.2, 0) is 6.54 Å². The van der Waals surface area contributed by atoms with Crippen LogP contribution in [0.3, 0.4) is 0 Å². The second-order valence-electron chi connectivity index (χ2n) is 3.16. The van der Waals surface area contributed by atoms with Gasteiger partial charge in [-0.05, 0) is 15.9 Å². The summed E-state index contributed by atoms with van der Waals surface area (Å²) in [7, 11) is 0. The topological polar surface area (TPSA) is 98.2 Å². The maximum absolute atomic E-state index is 11.6. The molecule has 0 saturated carbocycles. The molecule has 2 aromatic heterocycles. The van der Waals surface area contributed by atoms with E-state index in [0.717, 1.165) is 0 Å². The molecule has 0 fully saturated rings. The average molecular weight is 300 g/mol. The summed E-state index contributed by atoms with van der Waals surface area (Å²) < 4.78 is 6.38. The average Bonchev–Trinajstić information content (AvgIpc) is 2.73. The number of nitrogens with zero attached hydrogens (tertiary/aromatic N) is 3. The summed E-state index contributed by atoms with van der Waals surface area (Å²) in [6.45, 7) is 0.0750. The van der Waals surface area contributed by atoms with Gasteiger partial charge in [-0.25, -0.2) is 9.78 Å². The number of halogens is 1. The zero-order valence-corrected chi connectivity index (χ0v) is 9.92. The quantitative estimate of drug-likeness (QED) is 0.897. The van der Waals surface area contributed by atoms with Crippen LogP contribution >= 0.6 is 15.9 Å². The van der Waals surface area contributed by atoms with Crippen molar-refractivity contribution in [3.05, 3.63) is 44.9 Å². The Kier molecular flexibility index (Phi) is 3.05. The Morgan fingerprint density at radius 1 is 1.59 bits per heavy atom. The molecule has 1 N–H and O–H groups in total. The lowest BCUT2D eigenvalue weighted by molar-refractivity contribution is 0.0685. The Labute approximate surface area is 103 Å². The lowest BCUT2D eigenvalue weighted by Crippen LogP contribution is -2.20. The molecule has 2 rings (SSSR count). The molecule has 17 heavy (non-hydrogen) atoms. The molecule has 0 amide bonds. The summed E-state index contributed by atoms with van der Waals surface area (Å²) in [4.78, 5) is 26.0. The van der Waals surface area contributed by atoms with E-state index in [0.29, 0.717) is 4.47 Å². The Bertz CT molecular complexity index is 619. The Morgan fingerprint density at radius 2 is 2.35 bits per heavy atom.